The standard InChI is InChI=1S/C18H30N2/c1-5-9-19-13-17-6-7-18(15(3)12-17)20-10-8-14(2)11-16(20)4/h6-7,12,14,16,19H,5,8-11,13H2,1-4H3. The molecule has 1 aliphatic rings. The lowest BCUT2D eigenvalue weighted by Crippen LogP contribution is -2.40. The lowest BCUT2D eigenvalue weighted by Gasteiger charge is -2.39. The van der Waals surface area contributed by atoms with Crippen LogP contribution in [0.15, 0.2) is 18.2 Å². The van der Waals surface area contributed by atoms with E-state index in [-0.39, 0.29) is 0 Å². The lowest BCUT2D eigenvalue weighted by molar-refractivity contribution is 0.377. The van der Waals surface area contributed by atoms with Crippen molar-refractivity contribution >= 4 is 5.69 Å². The smallest absolute Gasteiger partial charge is 0.0398 e. The fourth-order valence-corrected chi connectivity index (χ4v) is 3.32. The molecule has 2 rings (SSSR count). The van der Waals surface area contributed by atoms with E-state index in [4.69, 9.17) is 0 Å². The van der Waals surface area contributed by atoms with Crippen molar-refractivity contribution in [3.05, 3.63) is 29.3 Å². The molecule has 0 amide bonds. The van der Waals surface area contributed by atoms with Gasteiger partial charge in [-0.1, -0.05) is 26.0 Å². The van der Waals surface area contributed by atoms with Gasteiger partial charge in [-0.3, -0.25) is 0 Å². The van der Waals surface area contributed by atoms with Crippen LogP contribution in [0.2, 0.25) is 0 Å². The topological polar surface area (TPSA) is 15.3 Å². The van der Waals surface area contributed by atoms with Crippen LogP contribution in [0.3, 0.4) is 0 Å². The summed E-state index contributed by atoms with van der Waals surface area (Å²) in [6.07, 6.45) is 3.84. The van der Waals surface area contributed by atoms with Crippen molar-refractivity contribution in [1.82, 2.24) is 5.32 Å². The van der Waals surface area contributed by atoms with E-state index >= 15 is 0 Å². The van der Waals surface area contributed by atoms with Crippen LogP contribution in [0, 0.1) is 12.8 Å². The lowest BCUT2D eigenvalue weighted by atomic mass is 9.92. The Balaban J connectivity index is 2.05. The SMILES string of the molecule is CCCNCc1ccc(N2CCC(C)CC2C)c(C)c1. The number of rotatable bonds is 5. The van der Waals surface area contributed by atoms with Crippen LogP contribution in [0.4, 0.5) is 5.69 Å². The number of hydrogen-bond acceptors (Lipinski definition) is 2. The molecule has 1 N–H and O–H groups in total. The average Bonchev–Trinajstić information content (AvgIpc) is 2.40. The van der Waals surface area contributed by atoms with Crippen molar-refractivity contribution in [2.75, 3.05) is 18.0 Å². The van der Waals surface area contributed by atoms with Gasteiger partial charge in [0.1, 0.15) is 0 Å². The van der Waals surface area contributed by atoms with E-state index in [9.17, 15) is 0 Å². The molecule has 0 bridgehead atoms. The summed E-state index contributed by atoms with van der Waals surface area (Å²) in [7, 11) is 0. The molecule has 20 heavy (non-hydrogen) atoms. The molecule has 1 aromatic rings. The maximum absolute atomic E-state index is 3.48. The Morgan fingerprint density at radius 2 is 2.10 bits per heavy atom. The van der Waals surface area contributed by atoms with Gasteiger partial charge in [-0.05, 0) is 62.8 Å². The zero-order chi connectivity index (χ0) is 14.5. The van der Waals surface area contributed by atoms with E-state index in [0.29, 0.717) is 6.04 Å². The van der Waals surface area contributed by atoms with Gasteiger partial charge in [0.25, 0.3) is 0 Å². The summed E-state index contributed by atoms with van der Waals surface area (Å²) < 4.78 is 0. The molecule has 2 unspecified atom stereocenters. The first-order valence-electron chi connectivity index (χ1n) is 8.18. The first kappa shape index (κ1) is 15.4. The van der Waals surface area contributed by atoms with Crippen LogP contribution < -0.4 is 10.2 Å². The van der Waals surface area contributed by atoms with Crippen molar-refractivity contribution in [3.63, 3.8) is 0 Å². The molecule has 0 aromatic heterocycles. The molecule has 0 saturated carbocycles. The predicted molar refractivity (Wildman–Crippen MR) is 88.4 cm³/mol. The normalized spacial score (nSPS) is 23.1. The first-order chi connectivity index (χ1) is 9.61. The van der Waals surface area contributed by atoms with E-state index in [1.165, 1.54) is 42.6 Å². The Bertz CT molecular complexity index is 427. The molecular formula is C18H30N2. The number of aryl methyl sites for hydroxylation is 1. The summed E-state index contributed by atoms with van der Waals surface area (Å²) in [5, 5.41) is 3.48. The third kappa shape index (κ3) is 3.76. The minimum absolute atomic E-state index is 0.668. The van der Waals surface area contributed by atoms with Crippen molar-refractivity contribution in [3.8, 4) is 0 Å². The summed E-state index contributed by atoms with van der Waals surface area (Å²) in [4.78, 5) is 2.60. The molecule has 2 nitrogen and oxygen atoms in total. The molecule has 2 atom stereocenters. The number of nitrogens with zero attached hydrogens (tertiary/aromatic N) is 1. The first-order valence-corrected chi connectivity index (χ1v) is 8.18. The van der Waals surface area contributed by atoms with Crippen molar-refractivity contribution in [2.45, 2.75) is 59.5 Å². The van der Waals surface area contributed by atoms with Crippen LogP contribution in [-0.2, 0) is 6.54 Å². The molecule has 1 saturated heterocycles. The predicted octanol–water partition coefficient (Wildman–Crippen LogP) is 4.12. The summed E-state index contributed by atoms with van der Waals surface area (Å²) >= 11 is 0. The number of nitrogens with one attached hydrogen (secondary N) is 1. The number of piperidine rings is 1. The minimum Gasteiger partial charge on any atom is -0.369 e. The van der Waals surface area contributed by atoms with Gasteiger partial charge in [0.05, 0.1) is 0 Å². The summed E-state index contributed by atoms with van der Waals surface area (Å²) in [6, 6.07) is 7.63. The number of anilines is 1. The largest absolute Gasteiger partial charge is 0.369 e. The van der Waals surface area contributed by atoms with Gasteiger partial charge in [-0.25, -0.2) is 0 Å². The highest BCUT2D eigenvalue weighted by atomic mass is 15.2. The van der Waals surface area contributed by atoms with Crippen LogP contribution in [0.25, 0.3) is 0 Å². The third-order valence-electron chi connectivity index (χ3n) is 4.46. The fourth-order valence-electron chi connectivity index (χ4n) is 3.32. The minimum atomic E-state index is 0.668. The van der Waals surface area contributed by atoms with Gasteiger partial charge in [0.15, 0.2) is 0 Å². The van der Waals surface area contributed by atoms with E-state index in [0.717, 1.165) is 19.0 Å². The van der Waals surface area contributed by atoms with Gasteiger partial charge >= 0.3 is 0 Å². The quantitative estimate of drug-likeness (QED) is 0.813. The van der Waals surface area contributed by atoms with Crippen molar-refractivity contribution in [1.29, 1.82) is 0 Å². The van der Waals surface area contributed by atoms with Crippen LogP contribution in [0.5, 0.6) is 0 Å². The highest BCUT2D eigenvalue weighted by Gasteiger charge is 2.23. The summed E-state index contributed by atoms with van der Waals surface area (Å²) in [5.74, 6) is 0.874. The van der Waals surface area contributed by atoms with Gasteiger partial charge in [0.2, 0.25) is 0 Å². The highest BCUT2D eigenvalue weighted by Crippen LogP contribution is 2.30. The molecular weight excluding hydrogens is 244 g/mol. The molecule has 0 radical (unpaired) electrons. The molecule has 112 valence electrons. The van der Waals surface area contributed by atoms with E-state index < -0.39 is 0 Å². The van der Waals surface area contributed by atoms with Crippen LogP contribution in [0.1, 0.15) is 51.2 Å². The van der Waals surface area contributed by atoms with Crippen molar-refractivity contribution < 1.29 is 0 Å². The molecule has 1 aromatic carbocycles. The molecule has 1 heterocycles. The number of benzene rings is 1. The fraction of sp³-hybridized carbons (Fsp3) is 0.667. The Morgan fingerprint density at radius 1 is 1.30 bits per heavy atom. The van der Waals surface area contributed by atoms with Crippen LogP contribution in [-0.4, -0.2) is 19.1 Å². The second kappa shape index (κ2) is 7.12. The highest BCUT2D eigenvalue weighted by molar-refractivity contribution is 5.55. The van der Waals surface area contributed by atoms with Crippen molar-refractivity contribution in [2.24, 2.45) is 5.92 Å². The maximum atomic E-state index is 3.48. The number of hydrogen-bond donors (Lipinski definition) is 1. The molecule has 0 spiro atoms. The Morgan fingerprint density at radius 3 is 2.75 bits per heavy atom. The second-order valence-electron chi connectivity index (χ2n) is 6.47. The summed E-state index contributed by atoms with van der Waals surface area (Å²) in [5.41, 5.74) is 4.25. The monoisotopic (exact) mass is 274 g/mol. The zero-order valence-corrected chi connectivity index (χ0v) is 13.6. The molecule has 1 aliphatic heterocycles. The van der Waals surface area contributed by atoms with E-state index in [1.807, 2.05) is 0 Å². The molecule has 2 heteroatoms. The van der Waals surface area contributed by atoms with Gasteiger partial charge in [-0.15, -0.1) is 0 Å². The van der Waals surface area contributed by atoms with Gasteiger partial charge in [-0.2, -0.15) is 0 Å². The van der Waals surface area contributed by atoms with Crippen LogP contribution >= 0.6 is 0 Å². The summed E-state index contributed by atoms with van der Waals surface area (Å²) in [6.45, 7) is 12.5. The Labute approximate surface area is 124 Å². The third-order valence-corrected chi connectivity index (χ3v) is 4.46. The Kier molecular flexibility index (Phi) is 5.47. The second-order valence-corrected chi connectivity index (χ2v) is 6.47. The van der Waals surface area contributed by atoms with E-state index in [1.54, 1.807) is 0 Å². The van der Waals surface area contributed by atoms with E-state index in [2.05, 4.69) is 56.1 Å². The average molecular weight is 274 g/mol. The Hall–Kier alpha value is -1.02. The molecule has 1 fully saturated rings. The molecule has 0 aliphatic carbocycles. The zero-order valence-electron chi connectivity index (χ0n) is 13.6. The van der Waals surface area contributed by atoms with Gasteiger partial charge in [0, 0.05) is 24.8 Å². The maximum Gasteiger partial charge on any atom is 0.0398 e. The van der Waals surface area contributed by atoms with Gasteiger partial charge < -0.3 is 10.2 Å².